The topological polar surface area (TPSA) is 75.6 Å². The fraction of sp³-hybridized carbons (Fsp3) is 0.429. The number of rotatable bonds is 5. The van der Waals surface area contributed by atoms with E-state index in [0.717, 1.165) is 6.42 Å². The standard InChI is InChI=1S/C14H19NO4/c1-4-10(3)15-13(17)8-19-14(18)11-6-5-9(2)12(16)7-11/h5-7,10,16H,4,8H2,1-3H3,(H,15,17). The minimum absolute atomic E-state index is 0.0264. The number of carbonyl (C=O) groups is 2. The highest BCUT2D eigenvalue weighted by molar-refractivity contribution is 5.91. The summed E-state index contributed by atoms with van der Waals surface area (Å²) in [5.74, 6) is -0.938. The summed E-state index contributed by atoms with van der Waals surface area (Å²) in [4.78, 5) is 23.1. The molecule has 1 unspecified atom stereocenters. The Labute approximate surface area is 112 Å². The van der Waals surface area contributed by atoms with Gasteiger partial charge in [-0.3, -0.25) is 4.79 Å². The predicted molar refractivity (Wildman–Crippen MR) is 71.0 cm³/mol. The lowest BCUT2D eigenvalue weighted by atomic mass is 10.1. The number of phenols is 1. The number of ether oxygens (including phenoxy) is 1. The fourth-order valence-electron chi connectivity index (χ4n) is 1.37. The van der Waals surface area contributed by atoms with Gasteiger partial charge in [-0.1, -0.05) is 13.0 Å². The zero-order valence-corrected chi connectivity index (χ0v) is 11.4. The molecule has 0 radical (unpaired) electrons. The van der Waals surface area contributed by atoms with Crippen LogP contribution in [-0.2, 0) is 9.53 Å². The number of esters is 1. The van der Waals surface area contributed by atoms with Crippen molar-refractivity contribution in [2.75, 3.05) is 6.61 Å². The minimum atomic E-state index is -0.630. The highest BCUT2D eigenvalue weighted by atomic mass is 16.5. The molecular formula is C14H19NO4. The molecule has 1 atom stereocenters. The van der Waals surface area contributed by atoms with Gasteiger partial charge in [0.25, 0.3) is 5.91 Å². The Balaban J connectivity index is 2.51. The lowest BCUT2D eigenvalue weighted by Crippen LogP contribution is -2.35. The molecule has 0 fully saturated rings. The van der Waals surface area contributed by atoms with Crippen LogP contribution in [-0.4, -0.2) is 29.6 Å². The molecule has 0 saturated heterocycles. The van der Waals surface area contributed by atoms with E-state index >= 15 is 0 Å². The largest absolute Gasteiger partial charge is 0.508 e. The Morgan fingerprint density at radius 3 is 2.68 bits per heavy atom. The molecule has 0 heterocycles. The van der Waals surface area contributed by atoms with Crippen LogP contribution in [0.5, 0.6) is 5.75 Å². The quantitative estimate of drug-likeness (QED) is 0.796. The molecule has 0 aromatic heterocycles. The smallest absolute Gasteiger partial charge is 0.338 e. The number of benzene rings is 1. The molecule has 0 saturated carbocycles. The number of phenolic OH excluding ortho intramolecular Hbond substituents is 1. The Kier molecular flexibility index (Phi) is 5.36. The maximum atomic E-state index is 11.7. The monoisotopic (exact) mass is 265 g/mol. The molecule has 0 aliphatic carbocycles. The molecule has 1 aromatic rings. The van der Waals surface area contributed by atoms with Crippen molar-refractivity contribution in [1.82, 2.24) is 5.32 Å². The van der Waals surface area contributed by atoms with Gasteiger partial charge in [-0.2, -0.15) is 0 Å². The van der Waals surface area contributed by atoms with E-state index in [4.69, 9.17) is 4.74 Å². The summed E-state index contributed by atoms with van der Waals surface area (Å²) in [5.41, 5.74) is 0.894. The van der Waals surface area contributed by atoms with Crippen molar-refractivity contribution < 1.29 is 19.4 Å². The van der Waals surface area contributed by atoms with E-state index in [1.807, 2.05) is 13.8 Å². The predicted octanol–water partition coefficient (Wildman–Crippen LogP) is 1.77. The second-order valence-electron chi connectivity index (χ2n) is 4.45. The maximum absolute atomic E-state index is 11.7. The van der Waals surface area contributed by atoms with Gasteiger partial charge < -0.3 is 15.2 Å². The van der Waals surface area contributed by atoms with Crippen molar-refractivity contribution in [3.05, 3.63) is 29.3 Å². The van der Waals surface area contributed by atoms with Crippen LogP contribution >= 0.6 is 0 Å². The molecule has 1 rings (SSSR count). The maximum Gasteiger partial charge on any atom is 0.338 e. The first-order valence-electron chi connectivity index (χ1n) is 6.20. The zero-order chi connectivity index (χ0) is 14.4. The zero-order valence-electron chi connectivity index (χ0n) is 11.4. The van der Waals surface area contributed by atoms with Gasteiger partial charge in [0.15, 0.2) is 6.61 Å². The van der Waals surface area contributed by atoms with E-state index in [2.05, 4.69) is 5.32 Å². The Morgan fingerprint density at radius 1 is 1.42 bits per heavy atom. The summed E-state index contributed by atoms with van der Waals surface area (Å²) >= 11 is 0. The lowest BCUT2D eigenvalue weighted by molar-refractivity contribution is -0.124. The van der Waals surface area contributed by atoms with Gasteiger partial charge in [0.1, 0.15) is 5.75 Å². The number of nitrogens with one attached hydrogen (secondary N) is 1. The number of aromatic hydroxyl groups is 1. The second-order valence-corrected chi connectivity index (χ2v) is 4.45. The summed E-state index contributed by atoms with van der Waals surface area (Å²) < 4.78 is 4.87. The molecule has 0 aliphatic rings. The van der Waals surface area contributed by atoms with Crippen LogP contribution < -0.4 is 5.32 Å². The molecule has 0 bridgehead atoms. The van der Waals surface area contributed by atoms with E-state index in [1.54, 1.807) is 19.1 Å². The first-order valence-corrected chi connectivity index (χ1v) is 6.20. The molecule has 5 heteroatoms. The second kappa shape index (κ2) is 6.78. The van der Waals surface area contributed by atoms with Crippen molar-refractivity contribution in [2.45, 2.75) is 33.2 Å². The number of hydrogen-bond donors (Lipinski definition) is 2. The van der Waals surface area contributed by atoms with Crippen LogP contribution in [0.3, 0.4) is 0 Å². The molecule has 1 aromatic carbocycles. The van der Waals surface area contributed by atoms with Gasteiger partial charge in [-0.25, -0.2) is 4.79 Å². The number of hydrogen-bond acceptors (Lipinski definition) is 4. The van der Waals surface area contributed by atoms with Gasteiger partial charge >= 0.3 is 5.97 Å². The molecule has 19 heavy (non-hydrogen) atoms. The van der Waals surface area contributed by atoms with Crippen LogP contribution in [0.15, 0.2) is 18.2 Å². The summed E-state index contributed by atoms with van der Waals surface area (Å²) in [7, 11) is 0. The summed E-state index contributed by atoms with van der Waals surface area (Å²) in [6, 6.07) is 4.54. The van der Waals surface area contributed by atoms with Crippen molar-refractivity contribution >= 4 is 11.9 Å². The van der Waals surface area contributed by atoms with Gasteiger partial charge in [-0.05, 0) is 38.0 Å². The van der Waals surface area contributed by atoms with Crippen LogP contribution in [0.1, 0.15) is 36.2 Å². The van der Waals surface area contributed by atoms with Gasteiger partial charge in [0, 0.05) is 6.04 Å². The summed E-state index contributed by atoms with van der Waals surface area (Å²) in [6.07, 6.45) is 0.811. The van der Waals surface area contributed by atoms with Gasteiger partial charge in [0.2, 0.25) is 0 Å². The van der Waals surface area contributed by atoms with Crippen molar-refractivity contribution in [1.29, 1.82) is 0 Å². The van der Waals surface area contributed by atoms with Crippen LogP contribution in [0.25, 0.3) is 0 Å². The van der Waals surface area contributed by atoms with Crippen molar-refractivity contribution in [3.63, 3.8) is 0 Å². The molecule has 104 valence electrons. The van der Waals surface area contributed by atoms with Gasteiger partial charge in [-0.15, -0.1) is 0 Å². The van der Waals surface area contributed by atoms with E-state index < -0.39 is 5.97 Å². The molecule has 0 spiro atoms. The Bertz CT molecular complexity index is 471. The van der Waals surface area contributed by atoms with E-state index in [9.17, 15) is 14.7 Å². The van der Waals surface area contributed by atoms with E-state index in [1.165, 1.54) is 6.07 Å². The van der Waals surface area contributed by atoms with Crippen LogP contribution in [0, 0.1) is 6.92 Å². The third kappa shape index (κ3) is 4.62. The first-order chi connectivity index (χ1) is 8.93. The fourth-order valence-corrected chi connectivity index (χ4v) is 1.37. The number of aryl methyl sites for hydroxylation is 1. The lowest BCUT2D eigenvalue weighted by Gasteiger charge is -2.11. The molecule has 1 amide bonds. The van der Waals surface area contributed by atoms with Crippen LogP contribution in [0.4, 0.5) is 0 Å². The summed E-state index contributed by atoms with van der Waals surface area (Å²) in [5, 5.41) is 12.2. The SMILES string of the molecule is CCC(C)NC(=O)COC(=O)c1ccc(C)c(O)c1. The number of amides is 1. The van der Waals surface area contributed by atoms with Crippen LogP contribution in [0.2, 0.25) is 0 Å². The Morgan fingerprint density at radius 2 is 2.11 bits per heavy atom. The normalized spacial score (nSPS) is 11.7. The average molecular weight is 265 g/mol. The third-order valence-corrected chi connectivity index (χ3v) is 2.80. The molecule has 0 aliphatic heterocycles. The van der Waals surface area contributed by atoms with Gasteiger partial charge in [0.05, 0.1) is 5.56 Å². The average Bonchev–Trinajstić information content (AvgIpc) is 2.39. The van der Waals surface area contributed by atoms with Crippen molar-refractivity contribution in [2.24, 2.45) is 0 Å². The third-order valence-electron chi connectivity index (χ3n) is 2.80. The van der Waals surface area contributed by atoms with Crippen molar-refractivity contribution in [3.8, 4) is 5.75 Å². The summed E-state index contributed by atoms with van der Waals surface area (Å²) in [6.45, 7) is 5.23. The first kappa shape index (κ1) is 15.0. The molecule has 5 nitrogen and oxygen atoms in total. The van der Waals surface area contributed by atoms with E-state index in [-0.39, 0.29) is 29.9 Å². The van der Waals surface area contributed by atoms with E-state index in [0.29, 0.717) is 5.56 Å². The minimum Gasteiger partial charge on any atom is -0.508 e. The molecule has 2 N–H and O–H groups in total. The highest BCUT2D eigenvalue weighted by Gasteiger charge is 2.12. The molecular weight excluding hydrogens is 246 g/mol. The number of carbonyl (C=O) groups excluding carboxylic acids is 2. The Hall–Kier alpha value is -2.04. The highest BCUT2D eigenvalue weighted by Crippen LogP contribution is 2.17.